The van der Waals surface area contributed by atoms with Gasteiger partial charge in [0, 0.05) is 33.4 Å². The zero-order valence-corrected chi connectivity index (χ0v) is 9.08. The molecule has 84 valence electrons. The van der Waals surface area contributed by atoms with E-state index in [1.807, 2.05) is 7.05 Å². The predicted molar refractivity (Wildman–Crippen MR) is 56.1 cm³/mol. The molecule has 1 amide bonds. The number of methoxy groups -OCH3 is 1. The molecule has 5 nitrogen and oxygen atoms in total. The SMILES string of the molecule is COCCCN(C)CCNC(=O)CN. The molecule has 0 heterocycles. The number of amides is 1. The van der Waals surface area contributed by atoms with Crippen LogP contribution in [-0.4, -0.2) is 57.8 Å². The van der Waals surface area contributed by atoms with Gasteiger partial charge in [-0.2, -0.15) is 0 Å². The van der Waals surface area contributed by atoms with Crippen LogP contribution in [0.15, 0.2) is 0 Å². The highest BCUT2D eigenvalue weighted by Crippen LogP contribution is 1.86. The Hall–Kier alpha value is -0.650. The molecule has 14 heavy (non-hydrogen) atoms. The van der Waals surface area contributed by atoms with Crippen molar-refractivity contribution >= 4 is 5.91 Å². The maximum absolute atomic E-state index is 10.8. The quantitative estimate of drug-likeness (QED) is 0.498. The summed E-state index contributed by atoms with van der Waals surface area (Å²) in [4.78, 5) is 12.9. The van der Waals surface area contributed by atoms with Gasteiger partial charge >= 0.3 is 0 Å². The molecule has 3 N–H and O–H groups in total. The van der Waals surface area contributed by atoms with Crippen molar-refractivity contribution in [1.29, 1.82) is 0 Å². The minimum Gasteiger partial charge on any atom is -0.385 e. The van der Waals surface area contributed by atoms with E-state index in [0.717, 1.165) is 26.1 Å². The van der Waals surface area contributed by atoms with Gasteiger partial charge < -0.3 is 20.7 Å². The van der Waals surface area contributed by atoms with E-state index in [-0.39, 0.29) is 12.5 Å². The van der Waals surface area contributed by atoms with E-state index in [4.69, 9.17) is 10.5 Å². The van der Waals surface area contributed by atoms with Gasteiger partial charge in [-0.25, -0.2) is 0 Å². The van der Waals surface area contributed by atoms with Gasteiger partial charge in [0.15, 0.2) is 0 Å². The Morgan fingerprint density at radius 2 is 2.21 bits per heavy atom. The van der Waals surface area contributed by atoms with Crippen molar-refractivity contribution < 1.29 is 9.53 Å². The average Bonchev–Trinajstić information content (AvgIpc) is 2.18. The number of nitrogens with one attached hydrogen (secondary N) is 1. The Kier molecular flexibility index (Phi) is 8.51. The largest absolute Gasteiger partial charge is 0.385 e. The Balaban J connectivity index is 3.26. The lowest BCUT2D eigenvalue weighted by molar-refractivity contribution is -0.119. The van der Waals surface area contributed by atoms with Crippen molar-refractivity contribution in [2.45, 2.75) is 6.42 Å². The smallest absolute Gasteiger partial charge is 0.233 e. The average molecular weight is 203 g/mol. The van der Waals surface area contributed by atoms with E-state index in [2.05, 4.69) is 10.2 Å². The molecule has 0 fully saturated rings. The molecule has 0 aliphatic rings. The number of rotatable bonds is 8. The Labute approximate surface area is 85.6 Å². The van der Waals surface area contributed by atoms with Crippen LogP contribution in [-0.2, 0) is 9.53 Å². The third kappa shape index (κ3) is 7.97. The molecule has 0 aliphatic carbocycles. The zero-order chi connectivity index (χ0) is 10.8. The molecule has 0 aromatic rings. The van der Waals surface area contributed by atoms with E-state index in [9.17, 15) is 4.79 Å². The van der Waals surface area contributed by atoms with Crippen LogP contribution in [0.4, 0.5) is 0 Å². The maximum Gasteiger partial charge on any atom is 0.233 e. The van der Waals surface area contributed by atoms with Crippen molar-refractivity contribution in [3.63, 3.8) is 0 Å². The number of carbonyl (C=O) groups is 1. The number of hydrogen-bond acceptors (Lipinski definition) is 4. The fraction of sp³-hybridized carbons (Fsp3) is 0.889. The zero-order valence-electron chi connectivity index (χ0n) is 9.08. The summed E-state index contributed by atoms with van der Waals surface area (Å²) < 4.78 is 4.94. The summed E-state index contributed by atoms with van der Waals surface area (Å²) in [6, 6.07) is 0. The second-order valence-corrected chi connectivity index (χ2v) is 3.20. The molecule has 0 atom stereocenters. The first-order valence-corrected chi connectivity index (χ1v) is 4.85. The molecule has 0 spiro atoms. The first-order chi connectivity index (χ1) is 6.70. The first kappa shape index (κ1) is 13.4. The van der Waals surface area contributed by atoms with Crippen LogP contribution in [0, 0.1) is 0 Å². The van der Waals surface area contributed by atoms with Crippen LogP contribution >= 0.6 is 0 Å². The van der Waals surface area contributed by atoms with E-state index in [1.165, 1.54) is 0 Å². The van der Waals surface area contributed by atoms with Crippen molar-refractivity contribution in [2.75, 3.05) is 46.9 Å². The van der Waals surface area contributed by atoms with E-state index in [1.54, 1.807) is 7.11 Å². The Morgan fingerprint density at radius 3 is 2.79 bits per heavy atom. The number of carbonyl (C=O) groups excluding carboxylic acids is 1. The molecule has 0 unspecified atom stereocenters. The van der Waals surface area contributed by atoms with Crippen molar-refractivity contribution in [2.24, 2.45) is 5.73 Å². The minimum atomic E-state index is -0.102. The second-order valence-electron chi connectivity index (χ2n) is 3.20. The van der Waals surface area contributed by atoms with Gasteiger partial charge in [-0.15, -0.1) is 0 Å². The number of nitrogens with zero attached hydrogens (tertiary/aromatic N) is 1. The van der Waals surface area contributed by atoms with Gasteiger partial charge in [-0.1, -0.05) is 0 Å². The third-order valence-corrected chi connectivity index (χ3v) is 1.89. The minimum absolute atomic E-state index is 0.0629. The molecular weight excluding hydrogens is 182 g/mol. The summed E-state index contributed by atoms with van der Waals surface area (Å²) in [5, 5.41) is 2.72. The number of ether oxygens (including phenoxy) is 1. The standard InChI is InChI=1S/C9H21N3O2/c1-12(5-3-7-14-2)6-4-11-9(13)8-10/h3-8,10H2,1-2H3,(H,11,13). The third-order valence-electron chi connectivity index (χ3n) is 1.89. The van der Waals surface area contributed by atoms with Crippen molar-refractivity contribution in [3.05, 3.63) is 0 Å². The second kappa shape index (κ2) is 8.93. The Bertz CT molecular complexity index is 153. The lowest BCUT2D eigenvalue weighted by Crippen LogP contribution is -2.36. The molecule has 0 radical (unpaired) electrons. The number of hydrogen-bond donors (Lipinski definition) is 2. The molecule has 0 bridgehead atoms. The summed E-state index contributed by atoms with van der Waals surface area (Å²) in [6.45, 7) is 3.31. The molecular formula is C9H21N3O2. The highest BCUT2D eigenvalue weighted by Gasteiger charge is 1.99. The maximum atomic E-state index is 10.8. The molecule has 0 saturated heterocycles. The molecule has 0 aromatic carbocycles. The fourth-order valence-electron chi connectivity index (χ4n) is 1.05. The number of likely N-dealkylation sites (N-methyl/N-ethyl adjacent to an activating group) is 1. The van der Waals surface area contributed by atoms with Crippen LogP contribution in [0.25, 0.3) is 0 Å². The van der Waals surface area contributed by atoms with Gasteiger partial charge in [0.05, 0.1) is 6.54 Å². The van der Waals surface area contributed by atoms with E-state index in [0.29, 0.717) is 6.54 Å². The van der Waals surface area contributed by atoms with Crippen molar-refractivity contribution in [1.82, 2.24) is 10.2 Å². The van der Waals surface area contributed by atoms with Gasteiger partial charge in [0.1, 0.15) is 0 Å². The lowest BCUT2D eigenvalue weighted by atomic mass is 10.4. The van der Waals surface area contributed by atoms with E-state index >= 15 is 0 Å². The summed E-state index contributed by atoms with van der Waals surface area (Å²) in [7, 11) is 3.71. The highest BCUT2D eigenvalue weighted by atomic mass is 16.5. The summed E-state index contributed by atoms with van der Waals surface area (Å²) in [5.74, 6) is -0.102. The summed E-state index contributed by atoms with van der Waals surface area (Å²) in [6.07, 6.45) is 1.01. The highest BCUT2D eigenvalue weighted by molar-refractivity contribution is 5.77. The molecule has 0 saturated carbocycles. The normalized spacial score (nSPS) is 10.6. The van der Waals surface area contributed by atoms with Crippen LogP contribution in [0.3, 0.4) is 0 Å². The van der Waals surface area contributed by atoms with Gasteiger partial charge in [0.2, 0.25) is 5.91 Å². The molecule has 0 rings (SSSR count). The topological polar surface area (TPSA) is 67.6 Å². The lowest BCUT2D eigenvalue weighted by Gasteiger charge is -2.16. The monoisotopic (exact) mass is 203 g/mol. The molecule has 0 aliphatic heterocycles. The van der Waals surface area contributed by atoms with Crippen molar-refractivity contribution in [3.8, 4) is 0 Å². The molecule has 0 aromatic heterocycles. The van der Waals surface area contributed by atoms with Crippen LogP contribution in [0.1, 0.15) is 6.42 Å². The summed E-state index contributed by atoms with van der Waals surface area (Å²) >= 11 is 0. The first-order valence-electron chi connectivity index (χ1n) is 4.85. The summed E-state index contributed by atoms with van der Waals surface area (Å²) in [5.41, 5.74) is 5.14. The fourth-order valence-corrected chi connectivity index (χ4v) is 1.05. The predicted octanol–water partition coefficient (Wildman–Crippen LogP) is -0.970. The van der Waals surface area contributed by atoms with Crippen LogP contribution in [0.2, 0.25) is 0 Å². The van der Waals surface area contributed by atoms with Gasteiger partial charge in [0.25, 0.3) is 0 Å². The molecule has 5 heteroatoms. The number of nitrogens with two attached hydrogens (primary N) is 1. The van der Waals surface area contributed by atoms with Gasteiger partial charge in [-0.3, -0.25) is 4.79 Å². The van der Waals surface area contributed by atoms with Crippen LogP contribution < -0.4 is 11.1 Å². The Morgan fingerprint density at radius 1 is 1.50 bits per heavy atom. The van der Waals surface area contributed by atoms with Gasteiger partial charge in [-0.05, 0) is 13.5 Å². The van der Waals surface area contributed by atoms with E-state index < -0.39 is 0 Å². The van der Waals surface area contributed by atoms with Crippen LogP contribution in [0.5, 0.6) is 0 Å².